The van der Waals surface area contributed by atoms with Gasteiger partial charge in [0.25, 0.3) is 0 Å². The Morgan fingerprint density at radius 1 is 1.38 bits per heavy atom. The molecule has 0 amide bonds. The van der Waals surface area contributed by atoms with E-state index in [9.17, 15) is 5.11 Å². The lowest BCUT2D eigenvalue weighted by Gasteiger charge is -2.10. The molecule has 0 bridgehead atoms. The maximum absolute atomic E-state index is 10.0. The highest BCUT2D eigenvalue weighted by molar-refractivity contribution is 7.99. The average Bonchev–Trinajstić information content (AvgIpc) is 2.76. The summed E-state index contributed by atoms with van der Waals surface area (Å²) in [5, 5.41) is 11.2. The molecule has 0 fully saturated rings. The summed E-state index contributed by atoms with van der Waals surface area (Å²) in [6, 6.07) is 8.13. The van der Waals surface area contributed by atoms with Gasteiger partial charge in [0.2, 0.25) is 0 Å². The third-order valence-electron chi connectivity index (χ3n) is 2.70. The molecule has 86 valence electrons. The van der Waals surface area contributed by atoms with Crippen molar-refractivity contribution in [3.05, 3.63) is 36.0 Å². The maximum atomic E-state index is 10.0. The van der Waals surface area contributed by atoms with Crippen molar-refractivity contribution in [3.8, 4) is 0 Å². The standard InChI is InChI=1S/C13H17NOS/c1-2-16-8-6-13(15)11-3-4-12-10(9-11)5-7-14-12/h3-5,7,9,13-15H,2,6,8H2,1H3. The molecular formula is C13H17NOS. The molecule has 2 nitrogen and oxygen atoms in total. The summed E-state index contributed by atoms with van der Waals surface area (Å²) in [5.74, 6) is 2.13. The SMILES string of the molecule is CCSCCC(O)c1ccc2[nH]ccc2c1. The summed E-state index contributed by atoms with van der Waals surface area (Å²) in [5.41, 5.74) is 2.14. The van der Waals surface area contributed by atoms with Crippen molar-refractivity contribution in [2.24, 2.45) is 0 Å². The number of aliphatic hydroxyl groups excluding tert-OH is 1. The normalized spacial score (nSPS) is 13.1. The number of nitrogens with one attached hydrogen (secondary N) is 1. The maximum Gasteiger partial charge on any atom is 0.0798 e. The first-order valence-corrected chi connectivity index (χ1v) is 6.79. The van der Waals surface area contributed by atoms with Crippen LogP contribution in [0, 0.1) is 0 Å². The Kier molecular flexibility index (Phi) is 3.91. The molecule has 1 heterocycles. The van der Waals surface area contributed by atoms with Crippen LogP contribution in [-0.4, -0.2) is 21.6 Å². The van der Waals surface area contributed by atoms with Crippen molar-refractivity contribution in [2.75, 3.05) is 11.5 Å². The zero-order chi connectivity index (χ0) is 11.4. The molecule has 0 aliphatic carbocycles. The minimum absolute atomic E-state index is 0.335. The first kappa shape index (κ1) is 11.6. The van der Waals surface area contributed by atoms with Crippen LogP contribution >= 0.6 is 11.8 Å². The van der Waals surface area contributed by atoms with Crippen molar-refractivity contribution in [1.82, 2.24) is 4.98 Å². The van der Waals surface area contributed by atoms with Crippen molar-refractivity contribution in [1.29, 1.82) is 0 Å². The quantitative estimate of drug-likeness (QED) is 0.780. The lowest BCUT2D eigenvalue weighted by Crippen LogP contribution is -1.98. The second-order valence-electron chi connectivity index (χ2n) is 3.83. The lowest BCUT2D eigenvalue weighted by atomic mass is 10.1. The Morgan fingerprint density at radius 2 is 2.25 bits per heavy atom. The topological polar surface area (TPSA) is 36.0 Å². The van der Waals surface area contributed by atoms with Gasteiger partial charge in [-0.15, -0.1) is 0 Å². The minimum atomic E-state index is -0.335. The van der Waals surface area contributed by atoms with Crippen LogP contribution in [0.3, 0.4) is 0 Å². The van der Waals surface area contributed by atoms with Crippen molar-refractivity contribution >= 4 is 22.7 Å². The van der Waals surface area contributed by atoms with E-state index in [1.165, 1.54) is 5.39 Å². The highest BCUT2D eigenvalue weighted by atomic mass is 32.2. The summed E-state index contributed by atoms with van der Waals surface area (Å²) in [7, 11) is 0. The molecule has 2 N–H and O–H groups in total. The first-order valence-electron chi connectivity index (χ1n) is 5.64. The van der Waals surface area contributed by atoms with E-state index in [4.69, 9.17) is 0 Å². The second kappa shape index (κ2) is 5.41. The van der Waals surface area contributed by atoms with Crippen molar-refractivity contribution in [2.45, 2.75) is 19.4 Å². The van der Waals surface area contributed by atoms with Crippen LogP contribution in [0.15, 0.2) is 30.5 Å². The number of fused-ring (bicyclic) bond motifs is 1. The molecule has 1 aromatic carbocycles. The Labute approximate surface area is 100 Å². The van der Waals surface area contributed by atoms with E-state index >= 15 is 0 Å². The Hall–Kier alpha value is -0.930. The predicted octanol–water partition coefficient (Wildman–Crippen LogP) is 3.34. The number of aromatic nitrogens is 1. The minimum Gasteiger partial charge on any atom is -0.388 e. The molecule has 0 saturated carbocycles. The fraction of sp³-hybridized carbons (Fsp3) is 0.385. The number of hydrogen-bond donors (Lipinski definition) is 2. The third-order valence-corrected chi connectivity index (χ3v) is 3.63. The second-order valence-corrected chi connectivity index (χ2v) is 5.22. The van der Waals surface area contributed by atoms with E-state index in [-0.39, 0.29) is 6.10 Å². The molecule has 2 rings (SSSR count). The van der Waals surface area contributed by atoms with E-state index in [1.807, 2.05) is 36.2 Å². The molecule has 0 aliphatic heterocycles. The number of H-pyrrole nitrogens is 1. The van der Waals surface area contributed by atoms with E-state index < -0.39 is 0 Å². The van der Waals surface area contributed by atoms with Gasteiger partial charge in [-0.25, -0.2) is 0 Å². The predicted molar refractivity (Wildman–Crippen MR) is 70.9 cm³/mol. The summed E-state index contributed by atoms with van der Waals surface area (Å²) in [6.45, 7) is 2.14. The Bertz CT molecular complexity index is 452. The lowest BCUT2D eigenvalue weighted by molar-refractivity contribution is 0.175. The largest absolute Gasteiger partial charge is 0.388 e. The molecule has 16 heavy (non-hydrogen) atoms. The van der Waals surface area contributed by atoms with Gasteiger partial charge in [0.15, 0.2) is 0 Å². The average molecular weight is 235 g/mol. The molecule has 1 atom stereocenters. The van der Waals surface area contributed by atoms with Crippen LogP contribution in [-0.2, 0) is 0 Å². The number of hydrogen-bond acceptors (Lipinski definition) is 2. The monoisotopic (exact) mass is 235 g/mol. The van der Waals surface area contributed by atoms with Gasteiger partial charge in [-0.2, -0.15) is 11.8 Å². The molecule has 0 spiro atoms. The number of benzene rings is 1. The van der Waals surface area contributed by atoms with Crippen molar-refractivity contribution < 1.29 is 5.11 Å². The fourth-order valence-corrected chi connectivity index (χ4v) is 2.46. The van der Waals surface area contributed by atoms with E-state index in [1.54, 1.807) is 0 Å². The Balaban J connectivity index is 2.07. The van der Waals surface area contributed by atoms with Gasteiger partial charge >= 0.3 is 0 Å². The van der Waals surface area contributed by atoms with Gasteiger partial charge in [-0.3, -0.25) is 0 Å². The van der Waals surface area contributed by atoms with Crippen LogP contribution < -0.4 is 0 Å². The molecule has 1 aromatic heterocycles. The molecule has 0 radical (unpaired) electrons. The van der Waals surface area contributed by atoms with Crippen LogP contribution in [0.1, 0.15) is 25.0 Å². The molecule has 0 aliphatic rings. The van der Waals surface area contributed by atoms with Crippen LogP contribution in [0.4, 0.5) is 0 Å². The highest BCUT2D eigenvalue weighted by Crippen LogP contribution is 2.22. The fourth-order valence-electron chi connectivity index (χ4n) is 1.79. The molecular weight excluding hydrogens is 218 g/mol. The molecule has 0 saturated heterocycles. The number of thioether (sulfide) groups is 1. The molecule has 1 unspecified atom stereocenters. The first-order chi connectivity index (χ1) is 7.81. The zero-order valence-corrected chi connectivity index (χ0v) is 10.3. The number of aliphatic hydroxyl groups is 1. The number of aromatic amines is 1. The van der Waals surface area contributed by atoms with Gasteiger partial charge in [0.1, 0.15) is 0 Å². The molecule has 3 heteroatoms. The van der Waals surface area contributed by atoms with Crippen LogP contribution in [0.2, 0.25) is 0 Å². The summed E-state index contributed by atoms with van der Waals surface area (Å²) < 4.78 is 0. The third kappa shape index (κ3) is 2.60. The highest BCUT2D eigenvalue weighted by Gasteiger charge is 2.07. The summed E-state index contributed by atoms with van der Waals surface area (Å²) in [4.78, 5) is 3.15. The summed E-state index contributed by atoms with van der Waals surface area (Å²) >= 11 is 1.87. The van der Waals surface area contributed by atoms with Gasteiger partial charge in [-0.1, -0.05) is 13.0 Å². The van der Waals surface area contributed by atoms with E-state index in [0.717, 1.165) is 29.0 Å². The van der Waals surface area contributed by atoms with Gasteiger partial charge in [-0.05, 0) is 47.1 Å². The van der Waals surface area contributed by atoms with Crippen LogP contribution in [0.25, 0.3) is 10.9 Å². The van der Waals surface area contributed by atoms with Gasteiger partial charge in [0, 0.05) is 11.7 Å². The number of rotatable bonds is 5. The zero-order valence-electron chi connectivity index (χ0n) is 9.44. The van der Waals surface area contributed by atoms with E-state index in [0.29, 0.717) is 0 Å². The van der Waals surface area contributed by atoms with Crippen LogP contribution in [0.5, 0.6) is 0 Å². The van der Waals surface area contributed by atoms with E-state index in [2.05, 4.69) is 18.0 Å². The van der Waals surface area contributed by atoms with Gasteiger partial charge in [0.05, 0.1) is 6.10 Å². The molecule has 2 aromatic rings. The van der Waals surface area contributed by atoms with Gasteiger partial charge < -0.3 is 10.1 Å². The van der Waals surface area contributed by atoms with Crippen molar-refractivity contribution in [3.63, 3.8) is 0 Å². The smallest absolute Gasteiger partial charge is 0.0798 e. The Morgan fingerprint density at radius 3 is 3.06 bits per heavy atom. The summed E-state index contributed by atoms with van der Waals surface area (Å²) in [6.07, 6.45) is 2.42.